The fraction of sp³-hybridized carbons (Fsp3) is 0.429. The predicted octanol–water partition coefficient (Wildman–Crippen LogP) is 1.71. The van der Waals surface area contributed by atoms with Crippen LogP contribution in [0.15, 0.2) is 30.3 Å². The number of carbonyl (C=O) groups excluding carboxylic acids is 3. The zero-order chi connectivity index (χ0) is 21.9. The Bertz CT molecular complexity index is 956. The Hall–Kier alpha value is -3.23. The molecule has 0 aliphatic carbocycles. The van der Waals surface area contributed by atoms with Crippen molar-refractivity contribution in [3.63, 3.8) is 0 Å². The minimum atomic E-state index is -1.19. The number of amides is 3. The van der Waals surface area contributed by atoms with Crippen LogP contribution in [0.1, 0.15) is 53.2 Å². The standard InChI is InChI=1S/C21H26FN5O3/c1-4-5-10-23-18(28)16-11-17-19(29)26(3)21(2,13-27(17)25-16)20(30)24-12-14-6-8-15(22)9-7-14/h6-9,11H,4-5,10,12-13H2,1-3H3,(H,23,28)(H,24,30). The molecule has 2 heterocycles. The average molecular weight is 415 g/mol. The fourth-order valence-corrected chi connectivity index (χ4v) is 3.28. The molecule has 1 aliphatic heterocycles. The van der Waals surface area contributed by atoms with Crippen LogP contribution in [0.4, 0.5) is 4.39 Å². The van der Waals surface area contributed by atoms with Gasteiger partial charge in [-0.05, 0) is 31.0 Å². The van der Waals surface area contributed by atoms with Gasteiger partial charge in [0.2, 0.25) is 5.91 Å². The Kier molecular flexibility index (Phi) is 6.19. The summed E-state index contributed by atoms with van der Waals surface area (Å²) < 4.78 is 14.5. The van der Waals surface area contributed by atoms with E-state index in [9.17, 15) is 18.8 Å². The van der Waals surface area contributed by atoms with Gasteiger partial charge in [-0.1, -0.05) is 25.5 Å². The van der Waals surface area contributed by atoms with Crippen molar-refractivity contribution in [3.8, 4) is 0 Å². The van der Waals surface area contributed by atoms with Crippen molar-refractivity contribution in [2.24, 2.45) is 0 Å². The van der Waals surface area contributed by atoms with Crippen molar-refractivity contribution in [2.45, 2.75) is 45.3 Å². The Labute approximate surface area is 174 Å². The summed E-state index contributed by atoms with van der Waals surface area (Å²) in [5.74, 6) is -1.45. The number of hydrogen-bond acceptors (Lipinski definition) is 4. The number of unbranched alkanes of at least 4 members (excludes halogenated alkanes) is 1. The molecule has 0 spiro atoms. The second kappa shape index (κ2) is 8.64. The van der Waals surface area contributed by atoms with Gasteiger partial charge in [-0.25, -0.2) is 4.39 Å². The number of nitrogens with one attached hydrogen (secondary N) is 2. The first-order valence-corrected chi connectivity index (χ1v) is 9.93. The second-order valence-corrected chi connectivity index (χ2v) is 7.63. The lowest BCUT2D eigenvalue weighted by Crippen LogP contribution is -2.62. The van der Waals surface area contributed by atoms with Crippen molar-refractivity contribution in [2.75, 3.05) is 13.6 Å². The van der Waals surface area contributed by atoms with Crippen LogP contribution in [0, 0.1) is 5.82 Å². The maximum atomic E-state index is 13.0. The van der Waals surface area contributed by atoms with Crippen molar-refractivity contribution in [1.29, 1.82) is 0 Å². The molecule has 30 heavy (non-hydrogen) atoms. The summed E-state index contributed by atoms with van der Waals surface area (Å²) in [5.41, 5.74) is -0.0312. The highest BCUT2D eigenvalue weighted by atomic mass is 19.1. The fourth-order valence-electron chi connectivity index (χ4n) is 3.28. The van der Waals surface area contributed by atoms with Gasteiger partial charge in [0.1, 0.15) is 17.1 Å². The molecule has 2 aromatic rings. The lowest BCUT2D eigenvalue weighted by Gasteiger charge is -2.40. The Morgan fingerprint density at radius 1 is 1.23 bits per heavy atom. The summed E-state index contributed by atoms with van der Waals surface area (Å²) in [6.07, 6.45) is 1.81. The van der Waals surface area contributed by atoms with Gasteiger partial charge in [0.15, 0.2) is 5.69 Å². The van der Waals surface area contributed by atoms with Crippen LogP contribution >= 0.6 is 0 Å². The lowest BCUT2D eigenvalue weighted by atomic mass is 9.96. The zero-order valence-corrected chi connectivity index (χ0v) is 17.4. The maximum absolute atomic E-state index is 13.0. The van der Waals surface area contributed by atoms with E-state index < -0.39 is 5.54 Å². The minimum Gasteiger partial charge on any atom is -0.351 e. The largest absolute Gasteiger partial charge is 0.351 e. The van der Waals surface area contributed by atoms with Gasteiger partial charge in [0, 0.05) is 26.2 Å². The van der Waals surface area contributed by atoms with Crippen LogP contribution < -0.4 is 10.6 Å². The number of aromatic nitrogens is 2. The summed E-state index contributed by atoms with van der Waals surface area (Å²) in [6.45, 7) is 4.53. The second-order valence-electron chi connectivity index (χ2n) is 7.63. The first-order valence-electron chi connectivity index (χ1n) is 9.93. The van der Waals surface area contributed by atoms with E-state index in [4.69, 9.17) is 0 Å². The molecule has 0 fully saturated rings. The Morgan fingerprint density at radius 3 is 2.60 bits per heavy atom. The first kappa shape index (κ1) is 21.5. The molecule has 1 aromatic carbocycles. The molecule has 0 bridgehead atoms. The number of hydrogen-bond donors (Lipinski definition) is 2. The van der Waals surface area contributed by atoms with E-state index >= 15 is 0 Å². The number of benzene rings is 1. The van der Waals surface area contributed by atoms with Gasteiger partial charge < -0.3 is 15.5 Å². The van der Waals surface area contributed by atoms with Gasteiger partial charge in [0.05, 0.1) is 6.54 Å². The summed E-state index contributed by atoms with van der Waals surface area (Å²) in [6, 6.07) is 7.27. The third-order valence-corrected chi connectivity index (χ3v) is 5.41. The number of rotatable bonds is 7. The monoisotopic (exact) mass is 415 g/mol. The van der Waals surface area contributed by atoms with Crippen LogP contribution in [0.5, 0.6) is 0 Å². The van der Waals surface area contributed by atoms with Crippen LogP contribution in [0.25, 0.3) is 0 Å². The molecule has 1 aliphatic rings. The Balaban J connectivity index is 1.74. The van der Waals surface area contributed by atoms with E-state index in [1.807, 2.05) is 6.92 Å². The van der Waals surface area contributed by atoms with Crippen LogP contribution in [-0.4, -0.2) is 51.5 Å². The number of likely N-dealkylation sites (N-methyl/N-ethyl adjacent to an activating group) is 1. The van der Waals surface area contributed by atoms with Gasteiger partial charge >= 0.3 is 0 Å². The molecular formula is C21H26FN5O3. The molecule has 1 atom stereocenters. The Morgan fingerprint density at radius 2 is 1.93 bits per heavy atom. The highest BCUT2D eigenvalue weighted by molar-refractivity contribution is 6.01. The molecule has 0 radical (unpaired) electrons. The minimum absolute atomic E-state index is 0.113. The van der Waals surface area contributed by atoms with Gasteiger partial charge in [-0.2, -0.15) is 5.10 Å². The highest BCUT2D eigenvalue weighted by Crippen LogP contribution is 2.26. The SMILES string of the molecule is CCCCNC(=O)c1cc2n(n1)CC(C)(C(=O)NCc1ccc(F)cc1)N(C)C2=O. The number of halogens is 1. The highest BCUT2D eigenvalue weighted by Gasteiger charge is 2.46. The van der Waals surface area contributed by atoms with Crippen molar-refractivity contribution in [1.82, 2.24) is 25.3 Å². The molecule has 1 aromatic heterocycles. The molecule has 1 unspecified atom stereocenters. The molecule has 2 N–H and O–H groups in total. The van der Waals surface area contributed by atoms with E-state index in [1.54, 1.807) is 26.1 Å². The van der Waals surface area contributed by atoms with E-state index in [0.29, 0.717) is 6.54 Å². The average Bonchev–Trinajstić information content (AvgIpc) is 3.15. The number of carbonyl (C=O) groups is 3. The predicted molar refractivity (Wildman–Crippen MR) is 108 cm³/mol. The molecule has 9 heteroatoms. The number of nitrogens with zero attached hydrogens (tertiary/aromatic N) is 3. The lowest BCUT2D eigenvalue weighted by molar-refractivity contribution is -0.132. The van der Waals surface area contributed by atoms with E-state index in [1.165, 1.54) is 27.8 Å². The van der Waals surface area contributed by atoms with Crippen molar-refractivity contribution < 1.29 is 18.8 Å². The maximum Gasteiger partial charge on any atom is 0.272 e. The molecular weight excluding hydrogens is 389 g/mol. The van der Waals surface area contributed by atoms with E-state index in [2.05, 4.69) is 15.7 Å². The third-order valence-electron chi connectivity index (χ3n) is 5.41. The van der Waals surface area contributed by atoms with Gasteiger partial charge in [-0.3, -0.25) is 19.1 Å². The van der Waals surface area contributed by atoms with Crippen LogP contribution in [-0.2, 0) is 17.9 Å². The first-order chi connectivity index (χ1) is 14.3. The van der Waals surface area contributed by atoms with E-state index in [0.717, 1.165) is 18.4 Å². The quantitative estimate of drug-likeness (QED) is 0.673. The molecule has 0 saturated heterocycles. The summed E-state index contributed by atoms with van der Waals surface area (Å²) in [7, 11) is 1.55. The van der Waals surface area contributed by atoms with E-state index in [-0.39, 0.29) is 48.0 Å². The van der Waals surface area contributed by atoms with Gasteiger partial charge in [0.25, 0.3) is 11.8 Å². The molecule has 3 amide bonds. The molecule has 3 rings (SSSR count). The summed E-state index contributed by atoms with van der Waals surface area (Å²) >= 11 is 0. The van der Waals surface area contributed by atoms with Crippen LogP contribution in [0.3, 0.4) is 0 Å². The molecule has 0 saturated carbocycles. The zero-order valence-electron chi connectivity index (χ0n) is 17.4. The third kappa shape index (κ3) is 4.19. The molecule has 160 valence electrons. The summed E-state index contributed by atoms with van der Waals surface area (Å²) in [5, 5.41) is 9.83. The summed E-state index contributed by atoms with van der Waals surface area (Å²) in [4.78, 5) is 39.4. The normalized spacial score (nSPS) is 18.1. The van der Waals surface area contributed by atoms with Crippen molar-refractivity contribution >= 4 is 17.7 Å². The number of fused-ring (bicyclic) bond motifs is 1. The van der Waals surface area contributed by atoms with Gasteiger partial charge in [-0.15, -0.1) is 0 Å². The molecule has 8 nitrogen and oxygen atoms in total. The smallest absolute Gasteiger partial charge is 0.272 e. The topological polar surface area (TPSA) is 96.3 Å². The van der Waals surface area contributed by atoms with Crippen LogP contribution in [0.2, 0.25) is 0 Å². The van der Waals surface area contributed by atoms with Crippen molar-refractivity contribution in [3.05, 3.63) is 53.1 Å².